The summed E-state index contributed by atoms with van der Waals surface area (Å²) in [4.78, 5) is 27.6. The van der Waals surface area contributed by atoms with Gasteiger partial charge in [0.15, 0.2) is 0 Å². The van der Waals surface area contributed by atoms with Crippen LogP contribution in [-0.4, -0.2) is 28.8 Å². The molecule has 4 nitrogen and oxygen atoms in total. The maximum absolute atomic E-state index is 13.2. The Bertz CT molecular complexity index is 1010. The van der Waals surface area contributed by atoms with E-state index in [0.717, 1.165) is 19.3 Å². The van der Waals surface area contributed by atoms with Crippen molar-refractivity contribution in [1.29, 1.82) is 0 Å². The number of hydrogen-bond donors (Lipinski definition) is 1. The third-order valence-electron chi connectivity index (χ3n) is 5.68. The lowest BCUT2D eigenvalue weighted by Gasteiger charge is -2.39. The van der Waals surface area contributed by atoms with Crippen molar-refractivity contribution in [2.75, 3.05) is 5.32 Å². The number of alkyl halides is 6. The van der Waals surface area contributed by atoms with E-state index in [4.69, 9.17) is 0 Å². The second-order valence-corrected chi connectivity index (χ2v) is 8.14. The SMILES string of the molecule is C[C@@H]1CCC[C@@H](C)N1C(=O)c1ccccc1NC(=O)c1cc(C(F)(F)F)cc(C(F)(F)F)c1. The molecule has 2 atom stereocenters. The molecule has 0 spiro atoms. The van der Waals surface area contributed by atoms with E-state index >= 15 is 0 Å². The number of hydrogen-bond acceptors (Lipinski definition) is 2. The largest absolute Gasteiger partial charge is 0.416 e. The van der Waals surface area contributed by atoms with Crippen LogP contribution in [0.4, 0.5) is 32.0 Å². The molecule has 1 N–H and O–H groups in total. The van der Waals surface area contributed by atoms with Crippen LogP contribution in [0.5, 0.6) is 0 Å². The summed E-state index contributed by atoms with van der Waals surface area (Å²) in [7, 11) is 0. The Hall–Kier alpha value is -3.04. The molecule has 1 aliphatic heterocycles. The van der Waals surface area contributed by atoms with Gasteiger partial charge in [0.1, 0.15) is 0 Å². The van der Waals surface area contributed by atoms with E-state index in [1.54, 1.807) is 11.0 Å². The number of para-hydroxylation sites is 1. The van der Waals surface area contributed by atoms with E-state index in [1.165, 1.54) is 18.2 Å². The van der Waals surface area contributed by atoms with Gasteiger partial charge in [0.25, 0.3) is 11.8 Å². The van der Waals surface area contributed by atoms with Crippen LogP contribution in [0.1, 0.15) is 65.0 Å². The number of carbonyl (C=O) groups excluding carboxylic acids is 2. The average Bonchev–Trinajstić information content (AvgIpc) is 2.72. The van der Waals surface area contributed by atoms with E-state index in [1.807, 2.05) is 13.8 Å². The van der Waals surface area contributed by atoms with Gasteiger partial charge in [0.2, 0.25) is 0 Å². The minimum Gasteiger partial charge on any atom is -0.333 e. The van der Waals surface area contributed by atoms with Crippen LogP contribution in [0.25, 0.3) is 0 Å². The fraction of sp³-hybridized carbons (Fsp3) is 0.391. The minimum absolute atomic E-state index is 0.00319. The molecular formula is C23H22F6N2O2. The predicted octanol–water partition coefficient (Wildman–Crippen LogP) is 6.38. The van der Waals surface area contributed by atoms with Crippen LogP contribution in [-0.2, 0) is 12.4 Å². The molecule has 0 saturated carbocycles. The van der Waals surface area contributed by atoms with Gasteiger partial charge in [0, 0.05) is 17.6 Å². The maximum atomic E-state index is 13.2. The number of nitrogens with zero attached hydrogens (tertiary/aromatic N) is 1. The molecule has 0 radical (unpaired) electrons. The summed E-state index contributed by atoms with van der Waals surface area (Å²) in [5.41, 5.74) is -3.90. The van der Waals surface area contributed by atoms with E-state index < -0.39 is 35.0 Å². The van der Waals surface area contributed by atoms with Gasteiger partial charge in [-0.15, -0.1) is 0 Å². The van der Waals surface area contributed by atoms with Crippen molar-refractivity contribution in [2.24, 2.45) is 0 Å². The van der Waals surface area contributed by atoms with E-state index in [-0.39, 0.29) is 35.3 Å². The van der Waals surface area contributed by atoms with Gasteiger partial charge < -0.3 is 10.2 Å². The molecule has 1 aliphatic rings. The molecule has 0 unspecified atom stereocenters. The van der Waals surface area contributed by atoms with Gasteiger partial charge in [-0.05, 0) is 63.4 Å². The Morgan fingerprint density at radius 3 is 1.91 bits per heavy atom. The lowest BCUT2D eigenvalue weighted by molar-refractivity contribution is -0.143. The summed E-state index contributed by atoms with van der Waals surface area (Å²) < 4.78 is 78.8. The number of halogens is 6. The van der Waals surface area contributed by atoms with Crippen molar-refractivity contribution in [3.05, 3.63) is 64.7 Å². The predicted molar refractivity (Wildman–Crippen MR) is 110 cm³/mol. The van der Waals surface area contributed by atoms with Crippen molar-refractivity contribution in [3.63, 3.8) is 0 Å². The number of benzene rings is 2. The number of anilines is 1. The summed E-state index contributed by atoms with van der Waals surface area (Å²) in [5, 5.41) is 2.31. The van der Waals surface area contributed by atoms with E-state index in [2.05, 4.69) is 5.32 Å². The van der Waals surface area contributed by atoms with Gasteiger partial charge in [-0.3, -0.25) is 9.59 Å². The first-order valence-corrected chi connectivity index (χ1v) is 10.3. The Labute approximate surface area is 186 Å². The van der Waals surface area contributed by atoms with Crippen LogP contribution < -0.4 is 5.32 Å². The first kappa shape index (κ1) is 24.6. The summed E-state index contributed by atoms with van der Waals surface area (Å²) in [6.07, 6.45) is -7.60. The van der Waals surface area contributed by atoms with Crippen molar-refractivity contribution >= 4 is 17.5 Å². The van der Waals surface area contributed by atoms with E-state index in [0.29, 0.717) is 12.1 Å². The first-order valence-electron chi connectivity index (χ1n) is 10.3. The lowest BCUT2D eigenvalue weighted by atomic mass is 9.96. The standard InChI is InChI=1S/C23H22F6N2O2/c1-13-6-5-7-14(2)31(13)21(33)18-8-3-4-9-19(18)30-20(32)15-10-16(22(24,25)26)12-17(11-15)23(27,28)29/h3-4,8-14H,5-7H2,1-2H3,(H,30,32)/t13-,14-/m1/s1. The van der Waals surface area contributed by atoms with Crippen molar-refractivity contribution < 1.29 is 35.9 Å². The Balaban J connectivity index is 1.96. The molecule has 0 aromatic heterocycles. The molecule has 178 valence electrons. The summed E-state index contributed by atoms with van der Waals surface area (Å²) in [6, 6.07) is 6.45. The van der Waals surface area contributed by atoms with Crippen LogP contribution in [0.2, 0.25) is 0 Å². The zero-order valence-corrected chi connectivity index (χ0v) is 17.8. The molecule has 0 aliphatic carbocycles. The smallest absolute Gasteiger partial charge is 0.333 e. The van der Waals surface area contributed by atoms with Crippen LogP contribution in [0.15, 0.2) is 42.5 Å². The first-order chi connectivity index (χ1) is 15.3. The average molecular weight is 472 g/mol. The van der Waals surface area contributed by atoms with Crippen LogP contribution >= 0.6 is 0 Å². The van der Waals surface area contributed by atoms with Crippen molar-refractivity contribution in [3.8, 4) is 0 Å². The van der Waals surface area contributed by atoms with Crippen LogP contribution in [0, 0.1) is 0 Å². The van der Waals surface area contributed by atoms with Gasteiger partial charge in [-0.2, -0.15) is 26.3 Å². The highest BCUT2D eigenvalue weighted by molar-refractivity contribution is 6.09. The molecule has 0 bridgehead atoms. The number of carbonyl (C=O) groups is 2. The molecule has 3 rings (SSSR count). The van der Waals surface area contributed by atoms with E-state index in [9.17, 15) is 35.9 Å². The van der Waals surface area contributed by atoms with Gasteiger partial charge in [0.05, 0.1) is 22.4 Å². The topological polar surface area (TPSA) is 49.4 Å². The fourth-order valence-electron chi connectivity index (χ4n) is 4.02. The number of nitrogens with one attached hydrogen (secondary N) is 1. The summed E-state index contributed by atoms with van der Waals surface area (Å²) in [6.45, 7) is 3.80. The number of rotatable bonds is 3. The molecule has 10 heteroatoms. The highest BCUT2D eigenvalue weighted by Gasteiger charge is 2.38. The normalized spacial score (nSPS) is 19.3. The molecule has 2 amide bonds. The van der Waals surface area contributed by atoms with Gasteiger partial charge in [-0.1, -0.05) is 12.1 Å². The lowest BCUT2D eigenvalue weighted by Crippen LogP contribution is -2.47. The molecule has 1 heterocycles. The Kier molecular flexibility index (Phi) is 6.76. The quantitative estimate of drug-likeness (QED) is 0.527. The molecule has 1 saturated heterocycles. The van der Waals surface area contributed by atoms with Crippen molar-refractivity contribution in [2.45, 2.75) is 57.5 Å². The molecule has 2 aromatic rings. The molecule has 33 heavy (non-hydrogen) atoms. The third kappa shape index (κ3) is 5.48. The second-order valence-electron chi connectivity index (χ2n) is 8.14. The molecular weight excluding hydrogens is 450 g/mol. The van der Waals surface area contributed by atoms with Crippen LogP contribution in [0.3, 0.4) is 0 Å². The third-order valence-corrected chi connectivity index (χ3v) is 5.68. The molecule has 2 aromatic carbocycles. The Morgan fingerprint density at radius 1 is 0.879 bits per heavy atom. The minimum atomic E-state index is -5.08. The van der Waals surface area contributed by atoms with Crippen molar-refractivity contribution in [1.82, 2.24) is 4.90 Å². The molecule has 1 fully saturated rings. The zero-order valence-electron chi connectivity index (χ0n) is 17.8. The van der Waals surface area contributed by atoms with Gasteiger partial charge >= 0.3 is 12.4 Å². The highest BCUT2D eigenvalue weighted by Crippen LogP contribution is 2.36. The second kappa shape index (κ2) is 9.07. The summed E-state index contributed by atoms with van der Waals surface area (Å²) in [5.74, 6) is -1.56. The zero-order chi connectivity index (χ0) is 24.6. The Morgan fingerprint density at radius 2 is 1.39 bits per heavy atom. The maximum Gasteiger partial charge on any atom is 0.416 e. The summed E-state index contributed by atoms with van der Waals surface area (Å²) >= 11 is 0. The number of amides is 2. The highest BCUT2D eigenvalue weighted by atomic mass is 19.4. The fourth-order valence-corrected chi connectivity index (χ4v) is 4.02. The number of piperidine rings is 1. The monoisotopic (exact) mass is 472 g/mol. The number of likely N-dealkylation sites (tertiary alicyclic amines) is 1. The van der Waals surface area contributed by atoms with Gasteiger partial charge in [-0.25, -0.2) is 0 Å².